The molecule has 0 bridgehead atoms. The van der Waals surface area contributed by atoms with E-state index in [1.807, 2.05) is 0 Å². The summed E-state index contributed by atoms with van der Waals surface area (Å²) in [6.45, 7) is 0. The maximum atomic E-state index is 10.6. The summed E-state index contributed by atoms with van der Waals surface area (Å²) in [7, 11) is 0. The average Bonchev–Trinajstić information content (AvgIpc) is 2.08. The lowest BCUT2D eigenvalue weighted by Crippen LogP contribution is -2.11. The van der Waals surface area contributed by atoms with Crippen LogP contribution in [-0.4, -0.2) is 27.3 Å². The molecule has 1 rings (SSSR count). The monoisotopic (exact) mass is 197 g/mol. The summed E-state index contributed by atoms with van der Waals surface area (Å²) in [6.07, 6.45) is 0. The van der Waals surface area contributed by atoms with Crippen LogP contribution in [0, 0.1) is 0 Å². The van der Waals surface area contributed by atoms with Gasteiger partial charge in [0.2, 0.25) is 0 Å². The Kier molecular flexibility index (Phi) is 2.29. The zero-order chi connectivity index (χ0) is 10.9. The summed E-state index contributed by atoms with van der Waals surface area (Å²) in [6, 6.07) is 2.02. The fourth-order valence-corrected chi connectivity index (χ4v) is 1.02. The minimum atomic E-state index is -1.49. The molecule has 1 aromatic carbocycles. The van der Waals surface area contributed by atoms with Gasteiger partial charge in [0, 0.05) is 0 Å². The number of nitrogens with two attached hydrogens (primary N) is 1. The molecule has 0 saturated carbocycles. The van der Waals surface area contributed by atoms with E-state index in [4.69, 9.17) is 21.1 Å². The number of hydrogen-bond acceptors (Lipinski definition) is 4. The quantitative estimate of drug-likeness (QED) is 0.401. The second-order valence-electron chi connectivity index (χ2n) is 2.53. The van der Waals surface area contributed by atoms with E-state index in [2.05, 4.69) is 0 Å². The first-order valence-electron chi connectivity index (χ1n) is 3.53. The number of nitrogen functional groups attached to an aromatic ring is 1. The van der Waals surface area contributed by atoms with Crippen molar-refractivity contribution in [1.82, 2.24) is 0 Å². The third kappa shape index (κ3) is 1.45. The molecule has 6 heteroatoms. The van der Waals surface area contributed by atoms with Crippen molar-refractivity contribution in [2.24, 2.45) is 0 Å². The van der Waals surface area contributed by atoms with Gasteiger partial charge in [-0.3, -0.25) is 0 Å². The predicted octanol–water partition coefficient (Wildman–Crippen LogP) is 0.371. The van der Waals surface area contributed by atoms with Crippen LogP contribution in [0.25, 0.3) is 0 Å². The predicted molar refractivity (Wildman–Crippen MR) is 46.4 cm³/mol. The van der Waals surface area contributed by atoms with Gasteiger partial charge in [0.05, 0.1) is 11.3 Å². The first kappa shape index (κ1) is 9.85. The third-order valence-corrected chi connectivity index (χ3v) is 1.67. The molecular formula is C8H7NO5. The summed E-state index contributed by atoms with van der Waals surface area (Å²) in [5.74, 6) is -3.35. The van der Waals surface area contributed by atoms with E-state index in [9.17, 15) is 9.59 Å². The summed E-state index contributed by atoms with van der Waals surface area (Å²) in [5, 5.41) is 26.4. The van der Waals surface area contributed by atoms with Crippen LogP contribution in [0.5, 0.6) is 5.75 Å². The maximum Gasteiger partial charge on any atom is 0.338 e. The SMILES string of the molecule is Nc1c(O)ccc(C(=O)O)c1C(=O)O. The third-order valence-electron chi connectivity index (χ3n) is 1.67. The molecule has 0 aliphatic carbocycles. The fourth-order valence-electron chi connectivity index (χ4n) is 1.02. The Morgan fingerprint density at radius 2 is 1.71 bits per heavy atom. The van der Waals surface area contributed by atoms with Crippen molar-refractivity contribution in [3.05, 3.63) is 23.3 Å². The molecule has 0 aliphatic rings. The van der Waals surface area contributed by atoms with Crippen molar-refractivity contribution in [3.8, 4) is 5.75 Å². The molecule has 0 heterocycles. The molecule has 0 atom stereocenters. The Hall–Kier alpha value is -2.24. The summed E-state index contributed by atoms with van der Waals surface area (Å²) >= 11 is 0. The van der Waals surface area contributed by atoms with Gasteiger partial charge in [0.25, 0.3) is 0 Å². The number of hydrogen-bond donors (Lipinski definition) is 4. The molecule has 5 N–H and O–H groups in total. The summed E-state index contributed by atoms with van der Waals surface area (Å²) in [5.41, 5.74) is 3.73. The van der Waals surface area contributed by atoms with Gasteiger partial charge in [0.15, 0.2) is 0 Å². The van der Waals surface area contributed by atoms with E-state index in [-0.39, 0.29) is 0 Å². The van der Waals surface area contributed by atoms with Gasteiger partial charge in [-0.15, -0.1) is 0 Å². The lowest BCUT2D eigenvalue weighted by Gasteiger charge is -2.06. The second kappa shape index (κ2) is 3.25. The molecule has 0 unspecified atom stereocenters. The largest absolute Gasteiger partial charge is 0.506 e. The van der Waals surface area contributed by atoms with Crippen molar-refractivity contribution < 1.29 is 24.9 Å². The summed E-state index contributed by atoms with van der Waals surface area (Å²) < 4.78 is 0. The van der Waals surface area contributed by atoms with Crippen molar-refractivity contribution in [2.75, 3.05) is 5.73 Å². The number of benzene rings is 1. The van der Waals surface area contributed by atoms with Crippen LogP contribution in [0.2, 0.25) is 0 Å². The Morgan fingerprint density at radius 1 is 1.14 bits per heavy atom. The number of anilines is 1. The highest BCUT2D eigenvalue weighted by Crippen LogP contribution is 2.27. The van der Waals surface area contributed by atoms with E-state index in [1.165, 1.54) is 0 Å². The highest BCUT2D eigenvalue weighted by atomic mass is 16.4. The van der Waals surface area contributed by atoms with Gasteiger partial charge in [-0.1, -0.05) is 0 Å². The van der Waals surface area contributed by atoms with Crippen LogP contribution < -0.4 is 5.73 Å². The minimum Gasteiger partial charge on any atom is -0.506 e. The molecule has 0 fully saturated rings. The van der Waals surface area contributed by atoms with Crippen molar-refractivity contribution in [1.29, 1.82) is 0 Å². The number of carbonyl (C=O) groups is 2. The fraction of sp³-hybridized carbons (Fsp3) is 0. The van der Waals surface area contributed by atoms with Crippen LogP contribution in [0.4, 0.5) is 5.69 Å². The zero-order valence-corrected chi connectivity index (χ0v) is 6.89. The Balaban J connectivity index is 3.53. The smallest absolute Gasteiger partial charge is 0.338 e. The first-order valence-corrected chi connectivity index (χ1v) is 3.53. The van der Waals surface area contributed by atoms with Crippen molar-refractivity contribution in [2.45, 2.75) is 0 Å². The van der Waals surface area contributed by atoms with Crippen LogP contribution >= 0.6 is 0 Å². The first-order chi connectivity index (χ1) is 6.45. The Bertz CT molecular complexity index is 412. The normalized spacial score (nSPS) is 9.71. The molecule has 14 heavy (non-hydrogen) atoms. The number of aromatic carboxylic acids is 2. The van der Waals surface area contributed by atoms with Gasteiger partial charge < -0.3 is 21.1 Å². The number of carboxylic acids is 2. The molecule has 1 aromatic rings. The van der Waals surface area contributed by atoms with Crippen molar-refractivity contribution >= 4 is 17.6 Å². The summed E-state index contributed by atoms with van der Waals surface area (Å²) in [4.78, 5) is 21.2. The highest BCUT2D eigenvalue weighted by Gasteiger charge is 2.20. The number of rotatable bonds is 2. The van der Waals surface area contributed by atoms with Crippen LogP contribution in [0.15, 0.2) is 12.1 Å². The van der Waals surface area contributed by atoms with Gasteiger partial charge in [-0.05, 0) is 12.1 Å². The van der Waals surface area contributed by atoms with Gasteiger partial charge in [-0.2, -0.15) is 0 Å². The molecule has 0 aliphatic heterocycles. The average molecular weight is 197 g/mol. The standard InChI is InChI=1S/C8H7NO5/c9-6-4(10)2-1-3(7(11)12)5(6)8(13)14/h1-2,10H,9H2,(H,11,12)(H,13,14). The topological polar surface area (TPSA) is 121 Å². The molecule has 74 valence electrons. The minimum absolute atomic E-state index is 0.447. The number of carboxylic acid groups (broad SMARTS) is 2. The Labute approximate surface area is 78.2 Å². The van der Waals surface area contributed by atoms with E-state index >= 15 is 0 Å². The van der Waals surface area contributed by atoms with E-state index < -0.39 is 34.5 Å². The molecular weight excluding hydrogens is 190 g/mol. The number of aromatic hydroxyl groups is 1. The highest BCUT2D eigenvalue weighted by molar-refractivity contribution is 6.06. The maximum absolute atomic E-state index is 10.6. The van der Waals surface area contributed by atoms with Gasteiger partial charge in [0.1, 0.15) is 11.3 Å². The number of phenolic OH excluding ortho intramolecular Hbond substituents is 1. The van der Waals surface area contributed by atoms with Crippen LogP contribution in [-0.2, 0) is 0 Å². The molecule has 0 amide bonds. The van der Waals surface area contributed by atoms with Gasteiger partial charge >= 0.3 is 11.9 Å². The van der Waals surface area contributed by atoms with Crippen molar-refractivity contribution in [3.63, 3.8) is 0 Å². The lowest BCUT2D eigenvalue weighted by atomic mass is 10.1. The molecule has 0 spiro atoms. The van der Waals surface area contributed by atoms with E-state index in [1.54, 1.807) is 0 Å². The van der Waals surface area contributed by atoms with Gasteiger partial charge in [-0.25, -0.2) is 9.59 Å². The molecule has 0 aromatic heterocycles. The zero-order valence-electron chi connectivity index (χ0n) is 6.89. The van der Waals surface area contributed by atoms with Crippen LogP contribution in [0.1, 0.15) is 20.7 Å². The molecule has 6 nitrogen and oxygen atoms in total. The van der Waals surface area contributed by atoms with Crippen LogP contribution in [0.3, 0.4) is 0 Å². The van der Waals surface area contributed by atoms with E-state index in [0.717, 1.165) is 12.1 Å². The number of phenols is 1. The Morgan fingerprint density at radius 3 is 2.14 bits per heavy atom. The van der Waals surface area contributed by atoms with E-state index in [0.29, 0.717) is 0 Å². The molecule has 0 radical (unpaired) electrons. The lowest BCUT2D eigenvalue weighted by molar-refractivity contribution is 0.0652. The molecule has 0 saturated heterocycles. The second-order valence-corrected chi connectivity index (χ2v) is 2.53.